The minimum absolute atomic E-state index is 0.318. The van der Waals surface area contributed by atoms with E-state index < -0.39 is 36.8 Å². The van der Waals surface area contributed by atoms with Crippen molar-refractivity contribution in [1.29, 1.82) is 0 Å². The van der Waals surface area contributed by atoms with Gasteiger partial charge in [-0.1, -0.05) is 23.7 Å². The number of carbonyl (C=O) groups excluding carboxylic acids is 3. The Balaban J connectivity index is 1.63. The summed E-state index contributed by atoms with van der Waals surface area (Å²) in [5.41, 5.74) is 0.388. The van der Waals surface area contributed by atoms with Crippen LogP contribution >= 0.6 is 11.6 Å². The quantitative estimate of drug-likeness (QED) is 0.669. The van der Waals surface area contributed by atoms with Crippen LogP contribution in [-0.2, 0) is 19.1 Å². The molecule has 0 aliphatic rings. The number of para-hydroxylation sites is 1. The van der Waals surface area contributed by atoms with E-state index in [9.17, 15) is 18.8 Å². The summed E-state index contributed by atoms with van der Waals surface area (Å²) in [4.78, 5) is 34.8. The van der Waals surface area contributed by atoms with Crippen LogP contribution in [0.2, 0.25) is 5.02 Å². The SMILES string of the molecule is O=C(COC(=O)COc1ccccc1Cl)NCC(=O)Nc1ccc(F)cc1. The Morgan fingerprint density at radius 2 is 1.67 bits per heavy atom. The maximum atomic E-state index is 12.8. The van der Waals surface area contributed by atoms with Crippen molar-refractivity contribution in [3.8, 4) is 5.75 Å². The molecule has 2 amide bonds. The van der Waals surface area contributed by atoms with E-state index in [1.54, 1.807) is 24.3 Å². The van der Waals surface area contributed by atoms with Gasteiger partial charge < -0.3 is 20.1 Å². The monoisotopic (exact) mass is 394 g/mol. The predicted octanol–water partition coefficient (Wildman–Crippen LogP) is 2.16. The summed E-state index contributed by atoms with van der Waals surface area (Å²) in [7, 11) is 0. The van der Waals surface area contributed by atoms with Gasteiger partial charge in [-0.05, 0) is 36.4 Å². The summed E-state index contributed by atoms with van der Waals surface area (Å²) in [5.74, 6) is -2.04. The molecule has 0 atom stereocenters. The lowest BCUT2D eigenvalue weighted by Crippen LogP contribution is -2.36. The van der Waals surface area contributed by atoms with Crippen LogP contribution in [0.4, 0.5) is 10.1 Å². The normalized spacial score (nSPS) is 10.0. The number of anilines is 1. The summed E-state index contributed by atoms with van der Waals surface area (Å²) >= 11 is 5.87. The molecule has 0 bridgehead atoms. The van der Waals surface area contributed by atoms with E-state index in [4.69, 9.17) is 21.1 Å². The third kappa shape index (κ3) is 7.33. The summed E-state index contributed by atoms with van der Waals surface area (Å²) in [6.07, 6.45) is 0. The molecule has 0 fully saturated rings. The Hall–Kier alpha value is -3.13. The number of halogens is 2. The van der Waals surface area contributed by atoms with Crippen molar-refractivity contribution in [3.63, 3.8) is 0 Å². The minimum Gasteiger partial charge on any atom is -0.480 e. The summed E-state index contributed by atoms with van der Waals surface area (Å²) in [6.45, 7) is -1.31. The second-order valence-corrected chi connectivity index (χ2v) is 5.62. The fraction of sp³-hybridized carbons (Fsp3) is 0.167. The minimum atomic E-state index is -0.763. The van der Waals surface area contributed by atoms with Crippen LogP contribution in [-0.4, -0.2) is 37.5 Å². The first-order valence-electron chi connectivity index (χ1n) is 7.79. The summed E-state index contributed by atoms with van der Waals surface area (Å²) in [5, 5.41) is 5.10. The number of amides is 2. The number of ether oxygens (including phenoxy) is 2. The molecular formula is C18H16ClFN2O5. The Labute approximate surface area is 159 Å². The van der Waals surface area contributed by atoms with E-state index in [1.807, 2.05) is 0 Å². The van der Waals surface area contributed by atoms with E-state index in [0.29, 0.717) is 16.5 Å². The molecule has 0 radical (unpaired) electrons. The molecule has 0 saturated carbocycles. The van der Waals surface area contributed by atoms with E-state index in [-0.39, 0.29) is 6.54 Å². The molecule has 0 saturated heterocycles. The molecule has 2 aromatic rings. The Bertz CT molecular complexity index is 814. The van der Waals surface area contributed by atoms with Gasteiger partial charge in [0.1, 0.15) is 11.6 Å². The number of rotatable bonds is 8. The van der Waals surface area contributed by atoms with Gasteiger partial charge in [-0.2, -0.15) is 0 Å². The van der Waals surface area contributed by atoms with Crippen molar-refractivity contribution in [2.24, 2.45) is 0 Å². The standard InChI is InChI=1S/C18H16ClFN2O5/c19-14-3-1-2-4-15(14)26-11-18(25)27-10-17(24)21-9-16(23)22-13-7-5-12(20)6-8-13/h1-8H,9-11H2,(H,21,24)(H,22,23). The maximum absolute atomic E-state index is 12.8. The zero-order chi connectivity index (χ0) is 19.6. The largest absolute Gasteiger partial charge is 0.480 e. The van der Waals surface area contributed by atoms with Gasteiger partial charge in [0, 0.05) is 5.69 Å². The third-order valence-electron chi connectivity index (χ3n) is 3.12. The lowest BCUT2D eigenvalue weighted by Gasteiger charge is -2.09. The van der Waals surface area contributed by atoms with Gasteiger partial charge >= 0.3 is 5.97 Å². The number of carbonyl (C=O) groups is 3. The fourth-order valence-electron chi connectivity index (χ4n) is 1.85. The molecule has 27 heavy (non-hydrogen) atoms. The fourth-order valence-corrected chi connectivity index (χ4v) is 2.04. The van der Waals surface area contributed by atoms with E-state index in [2.05, 4.69) is 10.6 Å². The number of hydrogen-bond donors (Lipinski definition) is 2. The number of nitrogens with one attached hydrogen (secondary N) is 2. The van der Waals surface area contributed by atoms with Gasteiger partial charge in [0.15, 0.2) is 13.2 Å². The molecule has 0 spiro atoms. The Morgan fingerprint density at radius 1 is 0.963 bits per heavy atom. The second-order valence-electron chi connectivity index (χ2n) is 5.21. The smallest absolute Gasteiger partial charge is 0.344 e. The first-order valence-corrected chi connectivity index (χ1v) is 8.17. The first kappa shape index (κ1) is 20.2. The Kier molecular flexibility index (Phi) is 7.57. The van der Waals surface area contributed by atoms with Gasteiger partial charge in [-0.15, -0.1) is 0 Å². The third-order valence-corrected chi connectivity index (χ3v) is 3.43. The molecule has 0 aliphatic heterocycles. The van der Waals surface area contributed by atoms with Gasteiger partial charge in [0.05, 0.1) is 11.6 Å². The van der Waals surface area contributed by atoms with Crippen LogP contribution in [0.3, 0.4) is 0 Å². The van der Waals surface area contributed by atoms with Crippen molar-refractivity contribution in [1.82, 2.24) is 5.32 Å². The molecule has 0 aliphatic carbocycles. The summed E-state index contributed by atoms with van der Waals surface area (Å²) in [6, 6.07) is 11.7. The molecule has 2 aromatic carbocycles. The maximum Gasteiger partial charge on any atom is 0.344 e. The van der Waals surface area contributed by atoms with Crippen LogP contribution in [0.15, 0.2) is 48.5 Å². The number of hydrogen-bond acceptors (Lipinski definition) is 5. The van der Waals surface area contributed by atoms with Gasteiger partial charge in [-0.3, -0.25) is 9.59 Å². The second kappa shape index (κ2) is 10.1. The molecule has 0 unspecified atom stereocenters. The van der Waals surface area contributed by atoms with Crippen LogP contribution < -0.4 is 15.4 Å². The first-order chi connectivity index (χ1) is 12.9. The van der Waals surface area contributed by atoms with Crippen LogP contribution in [0.25, 0.3) is 0 Å². The van der Waals surface area contributed by atoms with Crippen LogP contribution in [0.1, 0.15) is 0 Å². The zero-order valence-corrected chi connectivity index (χ0v) is 14.8. The molecule has 0 aromatic heterocycles. The highest BCUT2D eigenvalue weighted by Crippen LogP contribution is 2.22. The summed E-state index contributed by atoms with van der Waals surface area (Å²) < 4.78 is 22.7. The highest BCUT2D eigenvalue weighted by Gasteiger charge is 2.11. The Morgan fingerprint density at radius 3 is 2.37 bits per heavy atom. The molecule has 2 rings (SSSR count). The molecular weight excluding hydrogens is 379 g/mol. The van der Waals surface area contributed by atoms with Crippen molar-refractivity contribution < 1.29 is 28.2 Å². The number of benzene rings is 2. The topological polar surface area (TPSA) is 93.7 Å². The number of esters is 1. The van der Waals surface area contributed by atoms with Crippen molar-refractivity contribution in [2.75, 3.05) is 25.1 Å². The van der Waals surface area contributed by atoms with E-state index in [1.165, 1.54) is 24.3 Å². The average Bonchev–Trinajstić information content (AvgIpc) is 2.66. The molecule has 0 heterocycles. The molecule has 7 nitrogen and oxygen atoms in total. The molecule has 142 valence electrons. The van der Waals surface area contributed by atoms with Crippen molar-refractivity contribution >= 4 is 35.1 Å². The zero-order valence-electron chi connectivity index (χ0n) is 14.0. The highest BCUT2D eigenvalue weighted by molar-refractivity contribution is 6.32. The van der Waals surface area contributed by atoms with Crippen molar-refractivity contribution in [2.45, 2.75) is 0 Å². The molecule has 2 N–H and O–H groups in total. The van der Waals surface area contributed by atoms with Crippen LogP contribution in [0.5, 0.6) is 5.75 Å². The van der Waals surface area contributed by atoms with E-state index >= 15 is 0 Å². The van der Waals surface area contributed by atoms with Crippen LogP contribution in [0, 0.1) is 5.82 Å². The van der Waals surface area contributed by atoms with Gasteiger partial charge in [0.25, 0.3) is 5.91 Å². The highest BCUT2D eigenvalue weighted by atomic mass is 35.5. The van der Waals surface area contributed by atoms with Gasteiger partial charge in [-0.25, -0.2) is 9.18 Å². The van der Waals surface area contributed by atoms with Crippen molar-refractivity contribution in [3.05, 3.63) is 59.4 Å². The lowest BCUT2D eigenvalue weighted by molar-refractivity contribution is -0.150. The van der Waals surface area contributed by atoms with E-state index in [0.717, 1.165) is 0 Å². The van der Waals surface area contributed by atoms with Gasteiger partial charge in [0.2, 0.25) is 5.91 Å². The average molecular weight is 395 g/mol. The lowest BCUT2D eigenvalue weighted by atomic mass is 10.3. The molecule has 9 heteroatoms. The predicted molar refractivity (Wildman–Crippen MR) is 95.9 cm³/mol.